The third-order valence-electron chi connectivity index (χ3n) is 3.47. The Hall–Kier alpha value is -1.28. The predicted molar refractivity (Wildman–Crippen MR) is 66.0 cm³/mol. The van der Waals surface area contributed by atoms with Crippen LogP contribution in [0.3, 0.4) is 0 Å². The maximum Gasteiger partial charge on any atom is 0.0642 e. The van der Waals surface area contributed by atoms with E-state index >= 15 is 0 Å². The number of allylic oxidation sites excluding steroid dienone is 1. The Bertz CT molecular complexity index is 390. The van der Waals surface area contributed by atoms with Crippen molar-refractivity contribution in [3.63, 3.8) is 0 Å². The van der Waals surface area contributed by atoms with Crippen molar-refractivity contribution < 1.29 is 4.74 Å². The number of nitrogens with zero attached hydrogens (tertiary/aromatic N) is 1. The highest BCUT2D eigenvalue weighted by Gasteiger charge is 2.28. The van der Waals surface area contributed by atoms with Gasteiger partial charge in [0, 0.05) is 24.7 Å². The van der Waals surface area contributed by atoms with E-state index < -0.39 is 0 Å². The van der Waals surface area contributed by atoms with E-state index in [9.17, 15) is 0 Å². The van der Waals surface area contributed by atoms with Gasteiger partial charge in [0.1, 0.15) is 0 Å². The lowest BCUT2D eigenvalue weighted by molar-refractivity contribution is 0.122. The SMILES string of the molecule is C=C1CC1c1ccc(N2CCOCC2)cc1. The molecular weight excluding hydrogens is 198 g/mol. The van der Waals surface area contributed by atoms with Crippen molar-refractivity contribution in [1.82, 2.24) is 0 Å². The Morgan fingerprint density at radius 2 is 1.75 bits per heavy atom. The lowest BCUT2D eigenvalue weighted by Crippen LogP contribution is -2.36. The average Bonchev–Trinajstić information content (AvgIpc) is 3.08. The maximum absolute atomic E-state index is 5.35. The molecule has 0 spiro atoms. The van der Waals surface area contributed by atoms with Crippen molar-refractivity contribution >= 4 is 5.69 Å². The van der Waals surface area contributed by atoms with Crippen LogP contribution in [0, 0.1) is 0 Å². The minimum absolute atomic E-state index is 0.638. The van der Waals surface area contributed by atoms with E-state index in [0.29, 0.717) is 5.92 Å². The summed E-state index contributed by atoms with van der Waals surface area (Å²) in [5.74, 6) is 0.638. The number of hydrogen-bond donors (Lipinski definition) is 0. The molecule has 1 aromatic carbocycles. The second kappa shape index (κ2) is 3.95. The number of anilines is 1. The number of rotatable bonds is 2. The van der Waals surface area contributed by atoms with Crippen molar-refractivity contribution in [2.45, 2.75) is 12.3 Å². The second-order valence-electron chi connectivity index (χ2n) is 4.61. The van der Waals surface area contributed by atoms with E-state index in [-0.39, 0.29) is 0 Å². The first kappa shape index (κ1) is 9.91. The molecule has 3 rings (SSSR count). The lowest BCUT2D eigenvalue weighted by Gasteiger charge is -2.28. The molecule has 0 bridgehead atoms. The Balaban J connectivity index is 1.73. The monoisotopic (exact) mass is 215 g/mol. The first-order chi connectivity index (χ1) is 7.84. The number of hydrogen-bond acceptors (Lipinski definition) is 2. The zero-order valence-corrected chi connectivity index (χ0v) is 9.48. The predicted octanol–water partition coefficient (Wildman–Crippen LogP) is 2.57. The van der Waals surface area contributed by atoms with Gasteiger partial charge in [-0.15, -0.1) is 0 Å². The van der Waals surface area contributed by atoms with E-state index in [1.165, 1.54) is 23.2 Å². The molecule has 84 valence electrons. The largest absolute Gasteiger partial charge is 0.378 e. The van der Waals surface area contributed by atoms with Crippen LogP contribution in [0.1, 0.15) is 17.9 Å². The van der Waals surface area contributed by atoms with Gasteiger partial charge < -0.3 is 9.64 Å². The van der Waals surface area contributed by atoms with Crippen molar-refractivity contribution in [2.75, 3.05) is 31.2 Å². The highest BCUT2D eigenvalue weighted by Crippen LogP contribution is 2.45. The Morgan fingerprint density at radius 1 is 1.12 bits per heavy atom. The van der Waals surface area contributed by atoms with Gasteiger partial charge in [-0.25, -0.2) is 0 Å². The van der Waals surface area contributed by atoms with E-state index in [1.54, 1.807) is 0 Å². The van der Waals surface area contributed by atoms with Crippen LogP contribution in [-0.4, -0.2) is 26.3 Å². The van der Waals surface area contributed by atoms with Gasteiger partial charge >= 0.3 is 0 Å². The molecule has 1 heterocycles. The van der Waals surface area contributed by atoms with Crippen LogP contribution in [0.2, 0.25) is 0 Å². The van der Waals surface area contributed by atoms with Gasteiger partial charge in [0.05, 0.1) is 13.2 Å². The van der Waals surface area contributed by atoms with E-state index in [4.69, 9.17) is 4.74 Å². The summed E-state index contributed by atoms with van der Waals surface area (Å²) in [7, 11) is 0. The number of benzene rings is 1. The first-order valence-electron chi connectivity index (χ1n) is 5.95. The Morgan fingerprint density at radius 3 is 2.31 bits per heavy atom. The van der Waals surface area contributed by atoms with Gasteiger partial charge in [-0.1, -0.05) is 24.3 Å². The molecule has 2 aliphatic rings. The molecule has 1 aliphatic carbocycles. The maximum atomic E-state index is 5.35. The molecule has 1 saturated carbocycles. The summed E-state index contributed by atoms with van der Waals surface area (Å²) in [4.78, 5) is 2.38. The average molecular weight is 215 g/mol. The van der Waals surface area contributed by atoms with Gasteiger partial charge in [0.25, 0.3) is 0 Å². The Labute approximate surface area is 96.5 Å². The van der Waals surface area contributed by atoms with Crippen molar-refractivity contribution in [1.29, 1.82) is 0 Å². The topological polar surface area (TPSA) is 12.5 Å². The molecule has 2 heteroatoms. The zero-order valence-electron chi connectivity index (χ0n) is 9.48. The highest BCUT2D eigenvalue weighted by molar-refractivity contribution is 5.51. The summed E-state index contributed by atoms with van der Waals surface area (Å²) < 4.78 is 5.35. The summed E-state index contributed by atoms with van der Waals surface area (Å²) in [6.07, 6.45) is 1.18. The molecule has 0 amide bonds. The van der Waals surface area contributed by atoms with Crippen molar-refractivity contribution in [2.24, 2.45) is 0 Å². The van der Waals surface area contributed by atoms with Crippen molar-refractivity contribution in [3.8, 4) is 0 Å². The van der Waals surface area contributed by atoms with Gasteiger partial charge in [0.2, 0.25) is 0 Å². The normalized spacial score (nSPS) is 24.6. The van der Waals surface area contributed by atoms with Gasteiger partial charge in [-0.05, 0) is 24.1 Å². The van der Waals surface area contributed by atoms with Crippen molar-refractivity contribution in [3.05, 3.63) is 42.0 Å². The van der Waals surface area contributed by atoms with Crippen LogP contribution in [-0.2, 0) is 4.74 Å². The fourth-order valence-electron chi connectivity index (χ4n) is 2.30. The number of ether oxygens (including phenoxy) is 1. The summed E-state index contributed by atoms with van der Waals surface area (Å²) in [5.41, 5.74) is 4.11. The number of morpholine rings is 1. The molecular formula is C14H17NO. The van der Waals surface area contributed by atoms with Gasteiger partial charge in [-0.2, -0.15) is 0 Å². The molecule has 0 radical (unpaired) electrons. The van der Waals surface area contributed by atoms with E-state index in [2.05, 4.69) is 35.7 Å². The van der Waals surface area contributed by atoms with Crippen LogP contribution >= 0.6 is 0 Å². The molecule has 0 aromatic heterocycles. The third kappa shape index (κ3) is 1.85. The third-order valence-corrected chi connectivity index (χ3v) is 3.47. The minimum atomic E-state index is 0.638. The summed E-state index contributed by atoms with van der Waals surface area (Å²) in [6, 6.07) is 8.94. The summed E-state index contributed by atoms with van der Waals surface area (Å²) in [6.45, 7) is 7.73. The van der Waals surface area contributed by atoms with Crippen LogP contribution in [0.15, 0.2) is 36.4 Å². The molecule has 2 nitrogen and oxygen atoms in total. The van der Waals surface area contributed by atoms with E-state index in [0.717, 1.165) is 26.3 Å². The first-order valence-corrected chi connectivity index (χ1v) is 5.95. The summed E-state index contributed by atoms with van der Waals surface area (Å²) in [5, 5.41) is 0. The highest BCUT2D eigenvalue weighted by atomic mass is 16.5. The molecule has 2 fully saturated rings. The quantitative estimate of drug-likeness (QED) is 0.703. The van der Waals surface area contributed by atoms with Crippen LogP contribution in [0.4, 0.5) is 5.69 Å². The fraction of sp³-hybridized carbons (Fsp3) is 0.429. The fourth-order valence-corrected chi connectivity index (χ4v) is 2.30. The van der Waals surface area contributed by atoms with Crippen LogP contribution in [0.5, 0.6) is 0 Å². The van der Waals surface area contributed by atoms with Crippen LogP contribution in [0.25, 0.3) is 0 Å². The second-order valence-corrected chi connectivity index (χ2v) is 4.61. The molecule has 1 atom stereocenters. The molecule has 1 aromatic rings. The zero-order chi connectivity index (χ0) is 11.0. The smallest absolute Gasteiger partial charge is 0.0642 e. The Kier molecular flexibility index (Phi) is 2.44. The van der Waals surface area contributed by atoms with Crippen LogP contribution < -0.4 is 4.90 Å². The molecule has 16 heavy (non-hydrogen) atoms. The molecule has 1 unspecified atom stereocenters. The van der Waals surface area contributed by atoms with Gasteiger partial charge in [-0.3, -0.25) is 0 Å². The lowest BCUT2D eigenvalue weighted by atomic mass is 10.1. The minimum Gasteiger partial charge on any atom is -0.378 e. The summed E-state index contributed by atoms with van der Waals surface area (Å²) >= 11 is 0. The van der Waals surface area contributed by atoms with Gasteiger partial charge in [0.15, 0.2) is 0 Å². The molecule has 1 saturated heterocycles. The molecule has 1 aliphatic heterocycles. The standard InChI is InChI=1S/C14H17NO/c1-11-10-14(11)12-2-4-13(5-3-12)15-6-8-16-9-7-15/h2-5,14H,1,6-10H2. The van der Waals surface area contributed by atoms with E-state index in [1.807, 2.05) is 0 Å². The molecule has 0 N–H and O–H groups in total.